The average molecular weight is 374 g/mol. The minimum absolute atomic E-state index is 0.0277. The van der Waals surface area contributed by atoms with Crippen molar-refractivity contribution in [3.05, 3.63) is 35.6 Å². The number of methoxy groups -OCH3 is 1. The fourth-order valence-corrected chi connectivity index (χ4v) is 2.92. The van der Waals surface area contributed by atoms with Gasteiger partial charge in [-0.1, -0.05) is 37.5 Å². The van der Waals surface area contributed by atoms with Crippen molar-refractivity contribution in [2.45, 2.75) is 57.8 Å². The second-order valence-corrected chi connectivity index (χ2v) is 6.60. The number of Topliss-reactive ketones (excluding diaryl/α,β-unsaturated/α-hetero) is 2. The minimum Gasteiger partial charge on any atom is -0.469 e. The zero-order valence-electron chi connectivity index (χ0n) is 15.8. The van der Waals surface area contributed by atoms with Crippen LogP contribution >= 0.6 is 0 Å². The molecule has 0 aliphatic heterocycles. The zero-order chi connectivity index (χ0) is 20.1. The molecule has 0 radical (unpaired) electrons. The predicted molar refractivity (Wildman–Crippen MR) is 101 cm³/mol. The van der Waals surface area contributed by atoms with Gasteiger partial charge in [0.25, 0.3) is 0 Å². The molecular weight excluding hydrogens is 347 g/mol. The fraction of sp³-hybridized carbons (Fsp3) is 0.500. The van der Waals surface area contributed by atoms with Gasteiger partial charge in [0, 0.05) is 19.3 Å². The van der Waals surface area contributed by atoms with E-state index in [2.05, 4.69) is 5.92 Å². The average Bonchev–Trinajstić information content (AvgIpc) is 2.64. The summed E-state index contributed by atoms with van der Waals surface area (Å²) < 4.78 is 18.4. The van der Waals surface area contributed by atoms with Crippen LogP contribution in [0.15, 0.2) is 24.3 Å². The Balaban J connectivity index is 2.46. The van der Waals surface area contributed by atoms with Crippen LogP contribution in [-0.4, -0.2) is 24.6 Å². The predicted octanol–water partition coefficient (Wildman–Crippen LogP) is 4.05. The number of unbranched alkanes of at least 4 members (excludes halogenated alkanes) is 4. The molecule has 0 saturated carbocycles. The molecule has 27 heavy (non-hydrogen) atoms. The summed E-state index contributed by atoms with van der Waals surface area (Å²) in [6, 6.07) is 5.99. The number of carbonyl (C=O) groups excluding carboxylic acids is 3. The Morgan fingerprint density at radius 1 is 1.11 bits per heavy atom. The van der Waals surface area contributed by atoms with Crippen molar-refractivity contribution in [1.29, 1.82) is 0 Å². The van der Waals surface area contributed by atoms with Crippen LogP contribution in [0.2, 0.25) is 0 Å². The molecule has 0 aliphatic carbocycles. The van der Waals surface area contributed by atoms with Crippen LogP contribution in [0, 0.1) is 24.1 Å². The second kappa shape index (κ2) is 12.8. The highest BCUT2D eigenvalue weighted by molar-refractivity contribution is 6.00. The first kappa shape index (κ1) is 22.6. The molecule has 0 aliphatic rings. The van der Waals surface area contributed by atoms with E-state index in [1.807, 2.05) is 0 Å². The van der Waals surface area contributed by atoms with Crippen LogP contribution in [-0.2, 0) is 25.5 Å². The molecule has 0 saturated heterocycles. The van der Waals surface area contributed by atoms with Gasteiger partial charge in [-0.05, 0) is 24.5 Å². The van der Waals surface area contributed by atoms with Gasteiger partial charge in [-0.2, -0.15) is 0 Å². The number of terminal acetylenes is 1. The van der Waals surface area contributed by atoms with E-state index < -0.39 is 17.7 Å². The van der Waals surface area contributed by atoms with Crippen molar-refractivity contribution < 1.29 is 23.5 Å². The molecule has 0 fully saturated rings. The molecule has 1 aromatic rings. The third-order valence-electron chi connectivity index (χ3n) is 4.37. The molecule has 0 bridgehead atoms. The number of rotatable bonds is 13. The van der Waals surface area contributed by atoms with Gasteiger partial charge >= 0.3 is 5.97 Å². The van der Waals surface area contributed by atoms with Gasteiger partial charge in [0.1, 0.15) is 17.4 Å². The van der Waals surface area contributed by atoms with Gasteiger partial charge in [-0.15, -0.1) is 12.3 Å². The Labute approximate surface area is 160 Å². The van der Waals surface area contributed by atoms with Gasteiger partial charge in [-0.3, -0.25) is 14.4 Å². The summed E-state index contributed by atoms with van der Waals surface area (Å²) in [6.45, 7) is 0. The summed E-state index contributed by atoms with van der Waals surface area (Å²) in [6.07, 6.45) is 9.67. The van der Waals surface area contributed by atoms with E-state index in [9.17, 15) is 18.8 Å². The third kappa shape index (κ3) is 9.14. The van der Waals surface area contributed by atoms with Gasteiger partial charge < -0.3 is 4.74 Å². The number of hydrogen-bond donors (Lipinski definition) is 0. The number of carbonyl (C=O) groups is 3. The second-order valence-electron chi connectivity index (χ2n) is 6.60. The van der Waals surface area contributed by atoms with Crippen molar-refractivity contribution in [3.8, 4) is 12.3 Å². The van der Waals surface area contributed by atoms with Crippen LogP contribution in [0.25, 0.3) is 0 Å². The summed E-state index contributed by atoms with van der Waals surface area (Å²) in [7, 11) is 1.29. The number of esters is 1. The van der Waals surface area contributed by atoms with Crippen molar-refractivity contribution in [1.82, 2.24) is 0 Å². The quantitative estimate of drug-likeness (QED) is 0.226. The maximum absolute atomic E-state index is 13.6. The lowest BCUT2D eigenvalue weighted by molar-refractivity contribution is -0.147. The Hall–Kier alpha value is -2.48. The minimum atomic E-state index is -0.545. The fourth-order valence-electron chi connectivity index (χ4n) is 2.92. The number of ether oxygens (including phenoxy) is 1. The van der Waals surface area contributed by atoms with Crippen LogP contribution < -0.4 is 0 Å². The molecule has 0 spiro atoms. The molecule has 5 heteroatoms. The van der Waals surface area contributed by atoms with E-state index in [0.717, 1.165) is 32.1 Å². The van der Waals surface area contributed by atoms with E-state index in [-0.39, 0.29) is 36.4 Å². The standard InChI is InChI=1S/C22H27FO4/c1-3-4-5-6-7-8-12-18(22(26)27-2)15-20(25)16-19(24)14-17-11-9-10-13-21(17)23/h1,9-11,13,18H,4-8,12,14-16H2,2H3/t18-/m1/s1. The van der Waals surface area contributed by atoms with Crippen molar-refractivity contribution in [2.75, 3.05) is 7.11 Å². The van der Waals surface area contributed by atoms with E-state index in [1.165, 1.54) is 19.2 Å². The Morgan fingerprint density at radius 2 is 1.81 bits per heavy atom. The molecule has 4 nitrogen and oxygen atoms in total. The summed E-state index contributed by atoms with van der Waals surface area (Å²) in [5.41, 5.74) is 0.270. The zero-order valence-corrected chi connectivity index (χ0v) is 15.8. The van der Waals surface area contributed by atoms with Gasteiger partial charge in [0.2, 0.25) is 0 Å². The third-order valence-corrected chi connectivity index (χ3v) is 4.37. The van der Waals surface area contributed by atoms with Crippen LogP contribution in [0.5, 0.6) is 0 Å². The number of benzene rings is 1. The lowest BCUT2D eigenvalue weighted by atomic mass is 9.93. The van der Waals surface area contributed by atoms with Crippen LogP contribution in [0.1, 0.15) is 56.9 Å². The molecule has 0 heterocycles. The van der Waals surface area contributed by atoms with E-state index in [1.54, 1.807) is 12.1 Å². The van der Waals surface area contributed by atoms with Gasteiger partial charge in [0.15, 0.2) is 0 Å². The molecule has 146 valence electrons. The molecule has 1 atom stereocenters. The lowest BCUT2D eigenvalue weighted by Crippen LogP contribution is -2.22. The van der Waals surface area contributed by atoms with Crippen LogP contribution in [0.4, 0.5) is 4.39 Å². The molecule has 0 aromatic heterocycles. The summed E-state index contributed by atoms with van der Waals surface area (Å²) in [5, 5.41) is 0. The molecule has 0 unspecified atom stereocenters. The Bertz CT molecular complexity index is 675. The van der Waals surface area contributed by atoms with Crippen molar-refractivity contribution in [3.63, 3.8) is 0 Å². The summed E-state index contributed by atoms with van der Waals surface area (Å²) >= 11 is 0. The molecule has 0 N–H and O–H groups in total. The first-order chi connectivity index (χ1) is 13.0. The first-order valence-corrected chi connectivity index (χ1v) is 9.26. The van der Waals surface area contributed by atoms with Gasteiger partial charge in [0.05, 0.1) is 19.4 Å². The lowest BCUT2D eigenvalue weighted by Gasteiger charge is -2.13. The maximum atomic E-state index is 13.6. The monoisotopic (exact) mass is 374 g/mol. The van der Waals surface area contributed by atoms with Gasteiger partial charge in [-0.25, -0.2) is 4.39 Å². The SMILES string of the molecule is C#CCCCCCC[C@H](CC(=O)CC(=O)Cc1ccccc1F)C(=O)OC. The maximum Gasteiger partial charge on any atom is 0.309 e. The number of hydrogen-bond acceptors (Lipinski definition) is 4. The molecule has 0 amide bonds. The molecule has 1 rings (SSSR count). The highest BCUT2D eigenvalue weighted by atomic mass is 19.1. The molecular formula is C22H27FO4. The molecule has 1 aromatic carbocycles. The smallest absolute Gasteiger partial charge is 0.309 e. The van der Waals surface area contributed by atoms with E-state index in [4.69, 9.17) is 11.2 Å². The van der Waals surface area contributed by atoms with E-state index >= 15 is 0 Å². The van der Waals surface area contributed by atoms with E-state index in [0.29, 0.717) is 6.42 Å². The summed E-state index contributed by atoms with van der Waals surface area (Å²) in [5.74, 6) is 0.463. The Morgan fingerprint density at radius 3 is 2.48 bits per heavy atom. The Kier molecular flexibility index (Phi) is 10.7. The van der Waals surface area contributed by atoms with Crippen molar-refractivity contribution in [2.24, 2.45) is 5.92 Å². The largest absolute Gasteiger partial charge is 0.469 e. The number of halogens is 1. The topological polar surface area (TPSA) is 60.4 Å². The normalized spacial score (nSPS) is 11.4. The highest BCUT2D eigenvalue weighted by Gasteiger charge is 2.23. The highest BCUT2D eigenvalue weighted by Crippen LogP contribution is 2.18. The summed E-state index contributed by atoms with van der Waals surface area (Å²) in [4.78, 5) is 36.1. The first-order valence-electron chi connectivity index (χ1n) is 9.26. The van der Waals surface area contributed by atoms with Crippen molar-refractivity contribution >= 4 is 17.5 Å². The number of ketones is 2. The van der Waals surface area contributed by atoms with Crippen LogP contribution in [0.3, 0.4) is 0 Å².